The number of nitrogens with zero attached hydrogens (tertiary/aromatic N) is 2. The normalized spacial score (nSPS) is 10.6. The molecule has 8 heteroatoms. The number of hydrogen-bond donors (Lipinski definition) is 2. The second kappa shape index (κ2) is 3.89. The minimum absolute atomic E-state index is 0.150. The molecule has 0 spiro atoms. The summed E-state index contributed by atoms with van der Waals surface area (Å²) < 4.78 is 6.31. The molecule has 0 radical (unpaired) electrons. The van der Waals surface area contributed by atoms with Gasteiger partial charge < -0.3 is 9.52 Å². The number of rotatable bonds is 3. The lowest BCUT2D eigenvalue weighted by Gasteiger charge is -1.94. The van der Waals surface area contributed by atoms with Crippen LogP contribution >= 0.6 is 11.8 Å². The van der Waals surface area contributed by atoms with E-state index in [-0.39, 0.29) is 11.4 Å². The number of carboxylic acid groups (broad SMARTS) is 1. The molecule has 7 nitrogen and oxygen atoms in total. The SMILES string of the molecule is Cn1c(Sc2ccc(C(=O)O)o2)n[nH]c1=O. The number of aromatic nitrogens is 3. The highest BCUT2D eigenvalue weighted by Gasteiger charge is 2.12. The van der Waals surface area contributed by atoms with Crippen molar-refractivity contribution in [3.63, 3.8) is 0 Å². The maximum Gasteiger partial charge on any atom is 0.371 e. The molecule has 2 aromatic rings. The molecule has 0 aliphatic carbocycles. The first-order valence-corrected chi connectivity index (χ1v) is 5.02. The monoisotopic (exact) mass is 241 g/mol. The number of aromatic amines is 1. The highest BCUT2D eigenvalue weighted by atomic mass is 32.2. The third-order valence-electron chi connectivity index (χ3n) is 1.82. The molecular weight excluding hydrogens is 234 g/mol. The number of aromatic carboxylic acids is 1. The van der Waals surface area contributed by atoms with Gasteiger partial charge in [-0.3, -0.25) is 4.57 Å². The highest BCUT2D eigenvalue weighted by molar-refractivity contribution is 7.99. The fraction of sp³-hybridized carbons (Fsp3) is 0.125. The zero-order valence-corrected chi connectivity index (χ0v) is 8.95. The molecule has 0 saturated carbocycles. The second-order valence-electron chi connectivity index (χ2n) is 2.90. The van der Waals surface area contributed by atoms with E-state index in [4.69, 9.17) is 9.52 Å². The van der Waals surface area contributed by atoms with Crippen LogP contribution in [0.5, 0.6) is 0 Å². The maximum atomic E-state index is 11.1. The predicted molar refractivity (Wildman–Crippen MR) is 53.6 cm³/mol. The van der Waals surface area contributed by atoms with Gasteiger partial charge in [-0.2, -0.15) is 0 Å². The van der Waals surface area contributed by atoms with Crippen molar-refractivity contribution < 1.29 is 14.3 Å². The van der Waals surface area contributed by atoms with Gasteiger partial charge in [0.25, 0.3) is 0 Å². The standard InChI is InChI=1S/C8H7N3O4S/c1-11-7(14)9-10-8(11)16-5-3-2-4(15-5)6(12)13/h2-3H,1H3,(H,9,14)(H,12,13). The molecule has 0 aliphatic heterocycles. The van der Waals surface area contributed by atoms with E-state index in [9.17, 15) is 9.59 Å². The van der Waals surface area contributed by atoms with Gasteiger partial charge in [0.1, 0.15) is 0 Å². The molecule has 0 aliphatic rings. The summed E-state index contributed by atoms with van der Waals surface area (Å²) in [6, 6.07) is 2.85. The average Bonchev–Trinajstić information content (AvgIpc) is 2.81. The van der Waals surface area contributed by atoms with Crippen molar-refractivity contribution in [3.8, 4) is 0 Å². The first-order chi connectivity index (χ1) is 7.58. The third-order valence-corrected chi connectivity index (χ3v) is 2.79. The molecule has 84 valence electrons. The lowest BCUT2D eigenvalue weighted by molar-refractivity contribution is 0.0656. The smallest absolute Gasteiger partial charge is 0.371 e. The van der Waals surface area contributed by atoms with Crippen molar-refractivity contribution in [3.05, 3.63) is 28.4 Å². The Balaban J connectivity index is 2.24. The Morgan fingerprint density at radius 3 is 2.88 bits per heavy atom. The van der Waals surface area contributed by atoms with Crippen LogP contribution in [-0.4, -0.2) is 25.8 Å². The van der Waals surface area contributed by atoms with Crippen molar-refractivity contribution in [1.82, 2.24) is 14.8 Å². The Morgan fingerprint density at radius 2 is 2.38 bits per heavy atom. The summed E-state index contributed by atoms with van der Waals surface area (Å²) in [6.07, 6.45) is 0. The van der Waals surface area contributed by atoms with Crippen LogP contribution in [0, 0.1) is 0 Å². The van der Waals surface area contributed by atoms with Gasteiger partial charge in [0.2, 0.25) is 5.76 Å². The highest BCUT2D eigenvalue weighted by Crippen LogP contribution is 2.26. The van der Waals surface area contributed by atoms with E-state index in [0.29, 0.717) is 10.2 Å². The van der Waals surface area contributed by atoms with Crippen molar-refractivity contribution >= 4 is 17.7 Å². The van der Waals surface area contributed by atoms with Crippen LogP contribution in [0.25, 0.3) is 0 Å². The summed E-state index contributed by atoms with van der Waals surface area (Å²) in [7, 11) is 1.55. The molecule has 2 aromatic heterocycles. The van der Waals surface area contributed by atoms with Crippen LogP contribution in [0.3, 0.4) is 0 Å². The van der Waals surface area contributed by atoms with Crippen molar-refractivity contribution in [2.24, 2.45) is 7.05 Å². The van der Waals surface area contributed by atoms with Crippen LogP contribution in [0.4, 0.5) is 0 Å². The van der Waals surface area contributed by atoms with E-state index < -0.39 is 5.97 Å². The minimum atomic E-state index is -1.14. The average molecular weight is 241 g/mol. The Hall–Kier alpha value is -1.96. The summed E-state index contributed by atoms with van der Waals surface area (Å²) in [4.78, 5) is 21.6. The molecule has 2 N–H and O–H groups in total. The molecule has 0 aromatic carbocycles. The molecule has 2 heterocycles. The Morgan fingerprint density at radius 1 is 1.62 bits per heavy atom. The number of carbonyl (C=O) groups is 1. The summed E-state index contributed by atoms with van der Waals surface area (Å²) in [5.74, 6) is -1.29. The molecule has 2 rings (SSSR count). The topological polar surface area (TPSA) is 101 Å². The molecule has 0 fully saturated rings. The lowest BCUT2D eigenvalue weighted by atomic mass is 10.5. The number of carboxylic acids is 1. The van der Waals surface area contributed by atoms with E-state index in [2.05, 4.69) is 10.2 Å². The van der Waals surface area contributed by atoms with E-state index in [1.165, 1.54) is 16.7 Å². The number of nitrogens with one attached hydrogen (secondary N) is 1. The third kappa shape index (κ3) is 1.87. The van der Waals surface area contributed by atoms with Gasteiger partial charge in [0.15, 0.2) is 10.2 Å². The van der Waals surface area contributed by atoms with Gasteiger partial charge in [0, 0.05) is 7.05 Å². The number of hydrogen-bond acceptors (Lipinski definition) is 5. The summed E-state index contributed by atoms with van der Waals surface area (Å²) >= 11 is 1.06. The van der Waals surface area contributed by atoms with Crippen molar-refractivity contribution in [1.29, 1.82) is 0 Å². The molecule has 0 bridgehead atoms. The van der Waals surface area contributed by atoms with Gasteiger partial charge >= 0.3 is 11.7 Å². The van der Waals surface area contributed by atoms with E-state index >= 15 is 0 Å². The fourth-order valence-electron chi connectivity index (χ4n) is 1.00. The van der Waals surface area contributed by atoms with Crippen LogP contribution in [0.2, 0.25) is 0 Å². The van der Waals surface area contributed by atoms with Crippen LogP contribution < -0.4 is 5.69 Å². The zero-order chi connectivity index (χ0) is 11.7. The van der Waals surface area contributed by atoms with Crippen LogP contribution in [0.15, 0.2) is 31.6 Å². The number of furan rings is 1. The van der Waals surface area contributed by atoms with Gasteiger partial charge in [0.05, 0.1) is 0 Å². The Labute approximate surface area is 93.1 Å². The first-order valence-electron chi connectivity index (χ1n) is 4.20. The quantitative estimate of drug-likeness (QED) is 0.813. The van der Waals surface area contributed by atoms with Gasteiger partial charge in [-0.1, -0.05) is 0 Å². The molecule has 0 unspecified atom stereocenters. The molecular formula is C8H7N3O4S. The molecule has 16 heavy (non-hydrogen) atoms. The van der Waals surface area contributed by atoms with Gasteiger partial charge in [-0.15, -0.1) is 5.10 Å². The first kappa shape index (κ1) is 10.6. The molecule has 0 saturated heterocycles. The van der Waals surface area contributed by atoms with Crippen molar-refractivity contribution in [2.75, 3.05) is 0 Å². The Bertz CT molecular complexity index is 582. The van der Waals surface area contributed by atoms with Crippen LogP contribution in [-0.2, 0) is 7.05 Å². The summed E-state index contributed by atoms with van der Waals surface area (Å²) in [5, 5.41) is 15.4. The zero-order valence-electron chi connectivity index (χ0n) is 8.13. The second-order valence-corrected chi connectivity index (χ2v) is 3.87. The van der Waals surface area contributed by atoms with Crippen molar-refractivity contribution in [2.45, 2.75) is 10.2 Å². The Kier molecular flexibility index (Phi) is 2.57. The number of H-pyrrole nitrogens is 1. The van der Waals surface area contributed by atoms with Gasteiger partial charge in [-0.05, 0) is 23.9 Å². The predicted octanol–water partition coefficient (Wildman–Crippen LogP) is 0.551. The summed E-state index contributed by atoms with van der Waals surface area (Å²) in [6.45, 7) is 0. The molecule has 0 atom stereocenters. The largest absolute Gasteiger partial charge is 0.475 e. The van der Waals surface area contributed by atoms with E-state index in [1.807, 2.05) is 0 Å². The van der Waals surface area contributed by atoms with E-state index in [0.717, 1.165) is 11.8 Å². The van der Waals surface area contributed by atoms with Crippen LogP contribution in [0.1, 0.15) is 10.6 Å². The maximum absolute atomic E-state index is 11.1. The fourth-order valence-corrected chi connectivity index (χ4v) is 1.76. The van der Waals surface area contributed by atoms with Gasteiger partial charge in [-0.25, -0.2) is 14.7 Å². The van der Waals surface area contributed by atoms with E-state index in [1.54, 1.807) is 7.05 Å². The molecule has 0 amide bonds. The minimum Gasteiger partial charge on any atom is -0.475 e. The summed E-state index contributed by atoms with van der Waals surface area (Å²) in [5.41, 5.74) is -0.340. The lowest BCUT2D eigenvalue weighted by Crippen LogP contribution is -2.12.